The maximum absolute atomic E-state index is 12.4. The van der Waals surface area contributed by atoms with Crippen LogP contribution in [0.3, 0.4) is 0 Å². The van der Waals surface area contributed by atoms with E-state index in [1.165, 1.54) is 17.4 Å². The molecule has 108 valence electrons. The SMILES string of the molecule is CN(Cc1ccncc1)C(=O)c1sccc1C=CC(=O)O. The first kappa shape index (κ1) is 14.9. The Morgan fingerprint density at radius 1 is 1.33 bits per heavy atom. The topological polar surface area (TPSA) is 70.5 Å². The number of carboxylic acids is 1. The lowest BCUT2D eigenvalue weighted by Gasteiger charge is -2.16. The Hall–Kier alpha value is -2.47. The molecule has 0 aliphatic carbocycles. The first-order valence-corrected chi connectivity index (χ1v) is 7.09. The van der Waals surface area contributed by atoms with Crippen LogP contribution in [0.15, 0.2) is 42.0 Å². The van der Waals surface area contributed by atoms with E-state index < -0.39 is 5.97 Å². The number of carboxylic acid groups (broad SMARTS) is 1. The summed E-state index contributed by atoms with van der Waals surface area (Å²) in [5.41, 5.74) is 1.61. The normalized spacial score (nSPS) is 10.7. The number of amides is 1. The summed E-state index contributed by atoms with van der Waals surface area (Å²) in [5, 5.41) is 10.4. The van der Waals surface area contributed by atoms with Gasteiger partial charge in [-0.25, -0.2) is 4.79 Å². The van der Waals surface area contributed by atoms with E-state index in [4.69, 9.17) is 5.11 Å². The lowest BCUT2D eigenvalue weighted by molar-refractivity contribution is -0.131. The van der Waals surface area contributed by atoms with Crippen LogP contribution in [0.1, 0.15) is 20.8 Å². The van der Waals surface area contributed by atoms with E-state index in [0.29, 0.717) is 17.0 Å². The van der Waals surface area contributed by atoms with Crippen molar-refractivity contribution in [2.45, 2.75) is 6.54 Å². The molecular formula is C15H14N2O3S. The second-order valence-corrected chi connectivity index (χ2v) is 5.31. The van der Waals surface area contributed by atoms with Crippen molar-refractivity contribution in [3.63, 3.8) is 0 Å². The monoisotopic (exact) mass is 302 g/mol. The lowest BCUT2D eigenvalue weighted by atomic mass is 10.2. The Labute approximate surface area is 126 Å². The third kappa shape index (κ3) is 4.00. The number of carbonyl (C=O) groups excluding carboxylic acids is 1. The van der Waals surface area contributed by atoms with Crippen LogP contribution in [0.2, 0.25) is 0 Å². The molecule has 0 aliphatic heterocycles. The molecule has 0 atom stereocenters. The molecule has 2 aromatic heterocycles. The maximum Gasteiger partial charge on any atom is 0.328 e. The number of rotatable bonds is 5. The number of pyridine rings is 1. The summed E-state index contributed by atoms with van der Waals surface area (Å²) in [6.07, 6.45) is 5.83. The lowest BCUT2D eigenvalue weighted by Crippen LogP contribution is -2.25. The van der Waals surface area contributed by atoms with Gasteiger partial charge in [-0.2, -0.15) is 0 Å². The van der Waals surface area contributed by atoms with Crippen LogP contribution in [0.25, 0.3) is 6.08 Å². The molecule has 1 N–H and O–H groups in total. The van der Waals surface area contributed by atoms with Gasteiger partial charge in [0.15, 0.2) is 0 Å². The molecule has 2 heterocycles. The molecule has 5 nitrogen and oxygen atoms in total. The molecule has 0 bridgehead atoms. The smallest absolute Gasteiger partial charge is 0.328 e. The Morgan fingerprint density at radius 3 is 2.71 bits per heavy atom. The molecule has 0 aliphatic rings. The molecule has 0 saturated carbocycles. The summed E-state index contributed by atoms with van der Waals surface area (Å²) < 4.78 is 0. The second kappa shape index (κ2) is 6.81. The molecule has 0 aromatic carbocycles. The van der Waals surface area contributed by atoms with Gasteiger partial charge in [-0.1, -0.05) is 0 Å². The quantitative estimate of drug-likeness (QED) is 0.862. The highest BCUT2D eigenvalue weighted by Crippen LogP contribution is 2.20. The molecule has 21 heavy (non-hydrogen) atoms. The average Bonchev–Trinajstić information content (AvgIpc) is 2.93. The van der Waals surface area contributed by atoms with Crippen LogP contribution in [-0.2, 0) is 11.3 Å². The summed E-state index contributed by atoms with van der Waals surface area (Å²) in [6, 6.07) is 5.44. The number of nitrogens with zero attached hydrogens (tertiary/aromatic N) is 2. The van der Waals surface area contributed by atoms with Gasteiger partial charge in [0.2, 0.25) is 0 Å². The van der Waals surface area contributed by atoms with E-state index in [-0.39, 0.29) is 5.91 Å². The summed E-state index contributed by atoms with van der Waals surface area (Å²) in [4.78, 5) is 29.0. The first-order chi connectivity index (χ1) is 10.1. The van der Waals surface area contributed by atoms with E-state index in [1.807, 2.05) is 12.1 Å². The summed E-state index contributed by atoms with van der Waals surface area (Å²) in [6.45, 7) is 0.474. The standard InChI is InChI=1S/C15H14N2O3S/c1-17(10-11-4-7-16-8-5-11)15(20)14-12(6-9-21-14)2-3-13(18)19/h2-9H,10H2,1H3,(H,18,19). The van der Waals surface area contributed by atoms with E-state index >= 15 is 0 Å². The highest BCUT2D eigenvalue weighted by molar-refractivity contribution is 7.12. The van der Waals surface area contributed by atoms with Gasteiger partial charge in [0.25, 0.3) is 5.91 Å². The molecule has 2 rings (SSSR count). The van der Waals surface area contributed by atoms with E-state index in [0.717, 1.165) is 11.6 Å². The zero-order valence-electron chi connectivity index (χ0n) is 11.4. The number of aromatic nitrogens is 1. The number of hydrogen-bond acceptors (Lipinski definition) is 4. The molecule has 6 heteroatoms. The van der Waals surface area contributed by atoms with Gasteiger partial charge < -0.3 is 10.0 Å². The van der Waals surface area contributed by atoms with Crippen LogP contribution >= 0.6 is 11.3 Å². The predicted octanol–water partition coefficient (Wildman–Crippen LogP) is 2.51. The zero-order valence-corrected chi connectivity index (χ0v) is 12.2. The number of carbonyl (C=O) groups is 2. The van der Waals surface area contributed by atoms with E-state index in [2.05, 4.69) is 4.98 Å². The molecule has 1 amide bonds. The number of thiophene rings is 1. The molecule has 2 aromatic rings. The van der Waals surface area contributed by atoms with Gasteiger partial charge in [-0.15, -0.1) is 11.3 Å². The van der Waals surface area contributed by atoms with Crippen LogP contribution in [-0.4, -0.2) is 33.9 Å². The Morgan fingerprint density at radius 2 is 2.05 bits per heavy atom. The molecule has 0 saturated heterocycles. The minimum absolute atomic E-state index is 0.133. The summed E-state index contributed by atoms with van der Waals surface area (Å²) in [5.74, 6) is -1.17. The van der Waals surface area contributed by atoms with Crippen molar-refractivity contribution in [2.75, 3.05) is 7.05 Å². The minimum Gasteiger partial charge on any atom is -0.478 e. The highest BCUT2D eigenvalue weighted by Gasteiger charge is 2.16. The van der Waals surface area contributed by atoms with Crippen molar-refractivity contribution < 1.29 is 14.7 Å². The Bertz CT molecular complexity index is 665. The van der Waals surface area contributed by atoms with Gasteiger partial charge in [0, 0.05) is 32.1 Å². The number of hydrogen-bond donors (Lipinski definition) is 1. The van der Waals surface area contributed by atoms with Gasteiger partial charge in [0.1, 0.15) is 0 Å². The number of aliphatic carboxylic acids is 1. The van der Waals surface area contributed by atoms with Gasteiger partial charge >= 0.3 is 5.97 Å². The fourth-order valence-electron chi connectivity index (χ4n) is 1.79. The van der Waals surface area contributed by atoms with Crippen LogP contribution in [0, 0.1) is 0 Å². The van der Waals surface area contributed by atoms with E-state index in [1.54, 1.807) is 35.8 Å². The van der Waals surface area contributed by atoms with Crippen LogP contribution in [0.5, 0.6) is 0 Å². The summed E-state index contributed by atoms with van der Waals surface area (Å²) in [7, 11) is 1.72. The van der Waals surface area contributed by atoms with Gasteiger partial charge in [-0.3, -0.25) is 9.78 Å². The third-order valence-corrected chi connectivity index (χ3v) is 3.73. The molecule has 0 unspecified atom stereocenters. The van der Waals surface area contributed by atoms with Gasteiger partial charge in [0.05, 0.1) is 4.88 Å². The first-order valence-electron chi connectivity index (χ1n) is 6.21. The van der Waals surface area contributed by atoms with E-state index in [9.17, 15) is 9.59 Å². The fourth-order valence-corrected chi connectivity index (χ4v) is 2.67. The van der Waals surface area contributed by atoms with Crippen molar-refractivity contribution in [1.82, 2.24) is 9.88 Å². The van der Waals surface area contributed by atoms with Crippen LogP contribution in [0.4, 0.5) is 0 Å². The predicted molar refractivity (Wildman–Crippen MR) is 81.0 cm³/mol. The highest BCUT2D eigenvalue weighted by atomic mass is 32.1. The van der Waals surface area contributed by atoms with Crippen molar-refractivity contribution in [3.05, 3.63) is 58.1 Å². The summed E-state index contributed by atoms with van der Waals surface area (Å²) >= 11 is 1.30. The van der Waals surface area contributed by atoms with Crippen LogP contribution < -0.4 is 0 Å². The molecule has 0 spiro atoms. The van der Waals surface area contributed by atoms with Crippen molar-refractivity contribution >= 4 is 29.3 Å². The van der Waals surface area contributed by atoms with Crippen molar-refractivity contribution in [1.29, 1.82) is 0 Å². The Kier molecular flexibility index (Phi) is 4.84. The fraction of sp³-hybridized carbons (Fsp3) is 0.133. The third-order valence-electron chi connectivity index (χ3n) is 2.81. The minimum atomic E-state index is -1.04. The Balaban J connectivity index is 2.13. The largest absolute Gasteiger partial charge is 0.478 e. The molecular weight excluding hydrogens is 288 g/mol. The average molecular weight is 302 g/mol. The zero-order chi connectivity index (χ0) is 15.2. The maximum atomic E-state index is 12.4. The van der Waals surface area contributed by atoms with Crippen molar-refractivity contribution in [3.8, 4) is 0 Å². The van der Waals surface area contributed by atoms with Gasteiger partial charge in [-0.05, 0) is 40.8 Å². The second-order valence-electron chi connectivity index (χ2n) is 4.39. The molecule has 0 radical (unpaired) electrons. The molecule has 0 fully saturated rings. The van der Waals surface area contributed by atoms with Crippen molar-refractivity contribution in [2.24, 2.45) is 0 Å².